The number of aromatic nitrogens is 3. The van der Waals surface area contributed by atoms with E-state index in [9.17, 15) is 9.18 Å². The highest BCUT2D eigenvalue weighted by Crippen LogP contribution is 2.26. The molecule has 150 valence electrons. The van der Waals surface area contributed by atoms with Gasteiger partial charge in [0.1, 0.15) is 5.82 Å². The number of allylic oxidation sites excluding steroid dienone is 1. The Bertz CT molecular complexity index is 1010. The number of nitrogens with one attached hydrogen (secondary N) is 1. The van der Waals surface area contributed by atoms with E-state index in [1.54, 1.807) is 41.0 Å². The van der Waals surface area contributed by atoms with Gasteiger partial charge in [0.05, 0.1) is 17.4 Å². The van der Waals surface area contributed by atoms with Gasteiger partial charge in [-0.05, 0) is 36.8 Å². The third kappa shape index (κ3) is 5.25. The summed E-state index contributed by atoms with van der Waals surface area (Å²) in [6, 6.07) is 13.6. The van der Waals surface area contributed by atoms with Crippen molar-refractivity contribution in [1.29, 1.82) is 0 Å². The van der Waals surface area contributed by atoms with Crippen molar-refractivity contribution in [3.63, 3.8) is 0 Å². The second-order valence-corrected chi connectivity index (χ2v) is 7.69. The van der Waals surface area contributed by atoms with E-state index in [0.29, 0.717) is 28.1 Å². The molecule has 0 aliphatic carbocycles. The van der Waals surface area contributed by atoms with Gasteiger partial charge in [-0.15, -0.1) is 16.8 Å². The number of benzene rings is 2. The van der Waals surface area contributed by atoms with Gasteiger partial charge in [0.25, 0.3) is 0 Å². The smallest absolute Gasteiger partial charge is 0.230 e. The van der Waals surface area contributed by atoms with E-state index in [4.69, 9.17) is 11.6 Å². The van der Waals surface area contributed by atoms with Crippen molar-refractivity contribution in [2.75, 3.05) is 5.75 Å². The van der Waals surface area contributed by atoms with Crippen molar-refractivity contribution < 1.29 is 9.18 Å². The summed E-state index contributed by atoms with van der Waals surface area (Å²) in [5.41, 5.74) is 1.32. The molecule has 0 saturated heterocycles. The van der Waals surface area contributed by atoms with Crippen LogP contribution in [0.1, 0.15) is 18.5 Å². The average molecular weight is 431 g/mol. The minimum Gasteiger partial charge on any atom is -0.349 e. The molecule has 1 amide bonds. The van der Waals surface area contributed by atoms with E-state index in [2.05, 4.69) is 22.1 Å². The van der Waals surface area contributed by atoms with Gasteiger partial charge in [-0.1, -0.05) is 53.7 Å². The van der Waals surface area contributed by atoms with E-state index in [1.165, 1.54) is 17.8 Å². The first kappa shape index (κ1) is 21.1. The summed E-state index contributed by atoms with van der Waals surface area (Å²) >= 11 is 7.14. The predicted octanol–water partition coefficient (Wildman–Crippen LogP) is 4.89. The van der Waals surface area contributed by atoms with Gasteiger partial charge >= 0.3 is 0 Å². The number of carbonyl (C=O) groups is 1. The number of nitrogens with zero attached hydrogens (tertiary/aromatic N) is 3. The summed E-state index contributed by atoms with van der Waals surface area (Å²) in [5.74, 6) is 0.0413. The lowest BCUT2D eigenvalue weighted by atomic mass is 10.1. The van der Waals surface area contributed by atoms with E-state index in [1.807, 2.05) is 19.1 Å². The van der Waals surface area contributed by atoms with Crippen LogP contribution < -0.4 is 5.32 Å². The fourth-order valence-electron chi connectivity index (χ4n) is 2.78. The maximum atomic E-state index is 14.2. The number of rotatable bonds is 8. The fourth-order valence-corrected chi connectivity index (χ4v) is 3.66. The van der Waals surface area contributed by atoms with E-state index < -0.39 is 0 Å². The minimum atomic E-state index is -0.378. The second-order valence-electron chi connectivity index (χ2n) is 6.31. The van der Waals surface area contributed by atoms with Crippen molar-refractivity contribution in [2.24, 2.45) is 0 Å². The van der Waals surface area contributed by atoms with Crippen LogP contribution >= 0.6 is 23.4 Å². The first-order chi connectivity index (χ1) is 14.0. The summed E-state index contributed by atoms with van der Waals surface area (Å²) in [7, 11) is 0. The number of amides is 1. The first-order valence-electron chi connectivity index (χ1n) is 8.96. The zero-order chi connectivity index (χ0) is 20.8. The highest BCUT2D eigenvalue weighted by molar-refractivity contribution is 7.99. The van der Waals surface area contributed by atoms with Crippen LogP contribution in [0.15, 0.2) is 66.3 Å². The largest absolute Gasteiger partial charge is 0.349 e. The van der Waals surface area contributed by atoms with E-state index >= 15 is 0 Å². The summed E-state index contributed by atoms with van der Waals surface area (Å²) in [6.45, 7) is 6.05. The Morgan fingerprint density at radius 3 is 2.69 bits per heavy atom. The Morgan fingerprint density at radius 1 is 1.28 bits per heavy atom. The third-order valence-electron chi connectivity index (χ3n) is 4.22. The molecular weight excluding hydrogens is 411 g/mol. The summed E-state index contributed by atoms with van der Waals surface area (Å²) in [6.07, 6.45) is 1.68. The van der Waals surface area contributed by atoms with Gasteiger partial charge in [0, 0.05) is 11.6 Å². The van der Waals surface area contributed by atoms with Gasteiger partial charge in [0.15, 0.2) is 11.0 Å². The maximum absolute atomic E-state index is 14.2. The highest BCUT2D eigenvalue weighted by Gasteiger charge is 2.18. The second kappa shape index (κ2) is 9.71. The molecule has 0 radical (unpaired) electrons. The molecule has 8 heteroatoms. The van der Waals surface area contributed by atoms with Crippen LogP contribution in [-0.2, 0) is 11.3 Å². The van der Waals surface area contributed by atoms with Gasteiger partial charge in [-0.25, -0.2) is 4.39 Å². The lowest BCUT2D eigenvalue weighted by molar-refractivity contribution is -0.119. The van der Waals surface area contributed by atoms with Crippen LogP contribution in [0.25, 0.3) is 11.4 Å². The van der Waals surface area contributed by atoms with Gasteiger partial charge < -0.3 is 5.32 Å². The molecule has 0 aliphatic heterocycles. The summed E-state index contributed by atoms with van der Waals surface area (Å²) < 4.78 is 15.9. The molecule has 2 aromatic carbocycles. The van der Waals surface area contributed by atoms with Crippen molar-refractivity contribution >= 4 is 29.3 Å². The number of hydrogen-bond donors (Lipinski definition) is 1. The normalized spacial score (nSPS) is 11.8. The summed E-state index contributed by atoms with van der Waals surface area (Å²) in [5, 5.41) is 12.4. The third-order valence-corrected chi connectivity index (χ3v) is 5.44. The molecule has 0 bridgehead atoms. The van der Waals surface area contributed by atoms with Gasteiger partial charge in [-0.3, -0.25) is 9.36 Å². The summed E-state index contributed by atoms with van der Waals surface area (Å²) in [4.78, 5) is 12.4. The van der Waals surface area contributed by atoms with Crippen LogP contribution in [0, 0.1) is 5.82 Å². The molecule has 1 N–H and O–H groups in total. The highest BCUT2D eigenvalue weighted by atomic mass is 35.5. The molecule has 0 aliphatic rings. The van der Waals surface area contributed by atoms with Crippen molar-refractivity contribution in [3.05, 3.63) is 77.6 Å². The molecule has 3 aromatic rings. The number of halogens is 2. The topological polar surface area (TPSA) is 59.8 Å². The zero-order valence-electron chi connectivity index (χ0n) is 15.8. The molecule has 3 rings (SSSR count). The fraction of sp³-hybridized carbons (Fsp3) is 0.190. The average Bonchev–Trinajstić information content (AvgIpc) is 3.10. The molecule has 1 aromatic heterocycles. The minimum absolute atomic E-state index is 0.141. The lowest BCUT2D eigenvalue weighted by Gasteiger charge is -2.14. The van der Waals surface area contributed by atoms with Crippen LogP contribution in [0.3, 0.4) is 0 Å². The quantitative estimate of drug-likeness (QED) is 0.408. The van der Waals surface area contributed by atoms with E-state index in [0.717, 1.165) is 5.56 Å². The monoisotopic (exact) mass is 430 g/mol. The zero-order valence-corrected chi connectivity index (χ0v) is 17.4. The molecule has 0 saturated carbocycles. The maximum Gasteiger partial charge on any atom is 0.230 e. The molecule has 1 heterocycles. The Hall–Kier alpha value is -2.64. The van der Waals surface area contributed by atoms with Crippen molar-refractivity contribution in [2.45, 2.75) is 24.7 Å². The van der Waals surface area contributed by atoms with Crippen LogP contribution in [0.5, 0.6) is 0 Å². The molecule has 1 unspecified atom stereocenters. The molecule has 0 fully saturated rings. The molecule has 29 heavy (non-hydrogen) atoms. The SMILES string of the molecule is C=CCn1c(SCC(=O)NC(C)c2ccc(Cl)cc2)nnc1-c1ccccc1F. The van der Waals surface area contributed by atoms with Gasteiger partial charge in [0.2, 0.25) is 5.91 Å². The lowest BCUT2D eigenvalue weighted by Crippen LogP contribution is -2.28. The molecule has 0 spiro atoms. The number of hydrogen-bond acceptors (Lipinski definition) is 4. The van der Waals surface area contributed by atoms with Gasteiger partial charge in [-0.2, -0.15) is 0 Å². The van der Waals surface area contributed by atoms with Crippen LogP contribution in [0.4, 0.5) is 4.39 Å². The Kier molecular flexibility index (Phi) is 7.06. The number of carbonyl (C=O) groups excluding carboxylic acids is 1. The first-order valence-corrected chi connectivity index (χ1v) is 10.3. The standard InChI is InChI=1S/C21H20ClFN4OS/c1-3-12-27-20(17-6-4-5-7-18(17)23)25-26-21(27)29-13-19(28)24-14(2)15-8-10-16(22)11-9-15/h3-11,14H,1,12-13H2,2H3,(H,24,28). The Morgan fingerprint density at radius 2 is 2.00 bits per heavy atom. The van der Waals surface area contributed by atoms with Crippen molar-refractivity contribution in [1.82, 2.24) is 20.1 Å². The van der Waals surface area contributed by atoms with Crippen LogP contribution in [0.2, 0.25) is 5.02 Å². The molecular formula is C21H20ClFN4OS. The molecule has 1 atom stereocenters. The Balaban J connectivity index is 1.68. The molecule has 5 nitrogen and oxygen atoms in total. The Labute approximate surface area is 178 Å². The van der Waals surface area contributed by atoms with Crippen LogP contribution in [-0.4, -0.2) is 26.4 Å². The predicted molar refractivity (Wildman–Crippen MR) is 114 cm³/mol. The van der Waals surface area contributed by atoms with E-state index in [-0.39, 0.29) is 23.5 Å². The number of thioether (sulfide) groups is 1. The van der Waals surface area contributed by atoms with Crippen molar-refractivity contribution in [3.8, 4) is 11.4 Å².